The summed E-state index contributed by atoms with van der Waals surface area (Å²) in [5, 5.41) is 4.89. The third-order valence-electron chi connectivity index (χ3n) is 8.85. The predicted molar refractivity (Wildman–Crippen MR) is 158 cm³/mol. The summed E-state index contributed by atoms with van der Waals surface area (Å²) in [6.07, 6.45) is 17.6. The molecule has 1 aromatic heterocycles. The molecule has 1 aromatic carbocycles. The molecule has 0 saturated carbocycles. The Balaban J connectivity index is 1.47. The summed E-state index contributed by atoms with van der Waals surface area (Å²) in [5.74, 6) is 0.641. The van der Waals surface area contributed by atoms with Crippen molar-refractivity contribution in [3.63, 3.8) is 0 Å². The Hall–Kier alpha value is -3.41. The van der Waals surface area contributed by atoms with Gasteiger partial charge >= 0.3 is 6.03 Å². The minimum absolute atomic E-state index is 0.209. The molecule has 0 bridgehead atoms. The molecule has 6 heteroatoms. The van der Waals surface area contributed by atoms with E-state index >= 15 is 0 Å². The van der Waals surface area contributed by atoms with Gasteiger partial charge in [-0.3, -0.25) is 0 Å². The standard InChI is InChI=1S/C33H41FN4O/c1-4-8-31-22(2)29(14-11-24-15-17-37(18-16-24)33(35)39)23(3)32-30(21-36-38(31)32)26-10-7-5-6-9-25-12-13-28(34)20-27(25)19-26/h7,10,12-13,19-21,24,29H,3-6,8-9,11,14-18H2,1-2H3,(H2,35,39). The number of likely N-dealkylation sites (tertiary alicyclic amines) is 1. The van der Waals surface area contributed by atoms with Crippen LogP contribution >= 0.6 is 0 Å². The fraction of sp³-hybridized carbons (Fsp3) is 0.455. The van der Waals surface area contributed by atoms with E-state index in [1.54, 1.807) is 17.0 Å². The number of urea groups is 1. The van der Waals surface area contributed by atoms with Gasteiger partial charge in [-0.05, 0) is 110 Å². The summed E-state index contributed by atoms with van der Waals surface area (Å²) in [5.41, 5.74) is 14.6. The number of allylic oxidation sites excluding steroid dienone is 6. The van der Waals surface area contributed by atoms with Crippen LogP contribution in [-0.4, -0.2) is 33.8 Å². The highest BCUT2D eigenvalue weighted by molar-refractivity contribution is 5.93. The number of aryl methyl sites for hydroxylation is 1. The molecule has 5 rings (SSSR count). The van der Waals surface area contributed by atoms with Crippen molar-refractivity contribution in [1.82, 2.24) is 14.7 Å². The number of halogens is 1. The zero-order chi connectivity index (χ0) is 27.5. The van der Waals surface area contributed by atoms with Crippen LogP contribution in [0.25, 0.3) is 22.9 Å². The van der Waals surface area contributed by atoms with Gasteiger partial charge in [0.25, 0.3) is 0 Å². The van der Waals surface area contributed by atoms with E-state index in [1.807, 2.05) is 12.3 Å². The Morgan fingerprint density at radius 1 is 1.23 bits per heavy atom. The summed E-state index contributed by atoms with van der Waals surface area (Å²) in [4.78, 5) is 13.3. The minimum atomic E-state index is -0.309. The van der Waals surface area contributed by atoms with Crippen LogP contribution < -0.4 is 5.73 Å². The normalized spacial score (nSPS) is 20.2. The molecule has 1 fully saturated rings. The first-order valence-corrected chi connectivity index (χ1v) is 14.6. The summed E-state index contributed by atoms with van der Waals surface area (Å²) < 4.78 is 16.4. The topological polar surface area (TPSA) is 64.2 Å². The van der Waals surface area contributed by atoms with Gasteiger partial charge in [0.15, 0.2) is 0 Å². The van der Waals surface area contributed by atoms with Crippen molar-refractivity contribution in [2.75, 3.05) is 13.1 Å². The summed E-state index contributed by atoms with van der Waals surface area (Å²) >= 11 is 0. The van der Waals surface area contributed by atoms with Crippen molar-refractivity contribution in [3.05, 3.63) is 76.9 Å². The maximum Gasteiger partial charge on any atom is 0.314 e. The highest BCUT2D eigenvalue weighted by Gasteiger charge is 2.32. The zero-order valence-electron chi connectivity index (χ0n) is 23.4. The number of nitrogens with two attached hydrogens (primary N) is 1. The number of hydrogen-bond donors (Lipinski definition) is 1. The van der Waals surface area contributed by atoms with Gasteiger partial charge in [0.2, 0.25) is 0 Å². The van der Waals surface area contributed by atoms with E-state index in [1.165, 1.54) is 16.8 Å². The van der Waals surface area contributed by atoms with E-state index < -0.39 is 0 Å². The molecule has 5 nitrogen and oxygen atoms in total. The van der Waals surface area contributed by atoms with Crippen molar-refractivity contribution in [1.29, 1.82) is 0 Å². The van der Waals surface area contributed by atoms with Crippen molar-refractivity contribution in [2.24, 2.45) is 17.6 Å². The molecule has 1 unspecified atom stereocenters. The Bertz CT molecular complexity index is 1340. The third kappa shape index (κ3) is 5.66. The molecular formula is C33H41FN4O. The van der Waals surface area contributed by atoms with Crippen LogP contribution in [0.15, 0.2) is 48.7 Å². The lowest BCUT2D eigenvalue weighted by molar-refractivity contribution is 0.175. The molecular weight excluding hydrogens is 487 g/mol. The van der Waals surface area contributed by atoms with Crippen LogP contribution in [0, 0.1) is 17.7 Å². The highest BCUT2D eigenvalue weighted by Crippen LogP contribution is 2.44. The Morgan fingerprint density at radius 2 is 2.03 bits per heavy atom. The Morgan fingerprint density at radius 3 is 2.77 bits per heavy atom. The van der Waals surface area contributed by atoms with Crippen LogP contribution in [0.1, 0.15) is 87.6 Å². The molecule has 1 atom stereocenters. The minimum Gasteiger partial charge on any atom is -0.351 e. The zero-order valence-corrected chi connectivity index (χ0v) is 23.4. The second kappa shape index (κ2) is 11.8. The fourth-order valence-corrected chi connectivity index (χ4v) is 6.57. The number of fused-ring (bicyclic) bond motifs is 2. The monoisotopic (exact) mass is 528 g/mol. The van der Waals surface area contributed by atoms with Gasteiger partial charge in [-0.15, -0.1) is 0 Å². The molecule has 0 spiro atoms. The Kier molecular flexibility index (Phi) is 8.20. The number of primary amides is 1. The largest absolute Gasteiger partial charge is 0.351 e. The number of nitrogens with zero attached hydrogens (tertiary/aromatic N) is 3. The molecule has 1 saturated heterocycles. The number of piperidine rings is 1. The molecule has 2 aromatic rings. The lowest BCUT2D eigenvalue weighted by atomic mass is 9.78. The Labute approximate surface area is 232 Å². The van der Waals surface area contributed by atoms with Gasteiger partial charge in [0.05, 0.1) is 11.9 Å². The number of aromatic nitrogens is 2. The highest BCUT2D eigenvalue weighted by atomic mass is 19.1. The molecule has 1 aliphatic carbocycles. The molecule has 0 radical (unpaired) electrons. The summed E-state index contributed by atoms with van der Waals surface area (Å²) in [6, 6.07) is 4.83. The van der Waals surface area contributed by atoms with E-state index in [2.05, 4.69) is 43.3 Å². The number of carbonyl (C=O) groups is 1. The lowest BCUT2D eigenvalue weighted by Gasteiger charge is -2.34. The van der Waals surface area contributed by atoms with E-state index in [0.29, 0.717) is 5.92 Å². The first-order valence-electron chi connectivity index (χ1n) is 14.6. The summed E-state index contributed by atoms with van der Waals surface area (Å²) in [6.45, 7) is 10.6. The number of benzene rings is 1. The predicted octanol–water partition coefficient (Wildman–Crippen LogP) is 7.70. The molecule has 3 aliphatic rings. The maximum absolute atomic E-state index is 14.3. The van der Waals surface area contributed by atoms with Crippen molar-refractivity contribution >= 4 is 29.0 Å². The van der Waals surface area contributed by atoms with Crippen molar-refractivity contribution < 1.29 is 9.18 Å². The van der Waals surface area contributed by atoms with Crippen molar-refractivity contribution in [3.8, 4) is 0 Å². The van der Waals surface area contributed by atoms with Gasteiger partial charge in [-0.2, -0.15) is 5.10 Å². The smallest absolute Gasteiger partial charge is 0.314 e. The number of carbonyl (C=O) groups excluding carboxylic acids is 1. The van der Waals surface area contributed by atoms with E-state index in [9.17, 15) is 9.18 Å². The van der Waals surface area contributed by atoms with Gasteiger partial charge in [0.1, 0.15) is 5.82 Å². The van der Waals surface area contributed by atoms with E-state index in [-0.39, 0.29) is 17.8 Å². The van der Waals surface area contributed by atoms with Gasteiger partial charge < -0.3 is 10.6 Å². The first kappa shape index (κ1) is 27.2. The van der Waals surface area contributed by atoms with Crippen LogP contribution in [0.4, 0.5) is 9.18 Å². The van der Waals surface area contributed by atoms with Gasteiger partial charge in [0, 0.05) is 30.3 Å². The average molecular weight is 529 g/mol. The average Bonchev–Trinajstić information content (AvgIpc) is 3.39. The fourth-order valence-electron chi connectivity index (χ4n) is 6.57. The molecule has 2 aliphatic heterocycles. The van der Waals surface area contributed by atoms with Crippen molar-refractivity contribution in [2.45, 2.75) is 71.6 Å². The second-order valence-corrected chi connectivity index (χ2v) is 11.4. The van der Waals surface area contributed by atoms with Crippen LogP contribution in [0.2, 0.25) is 0 Å². The maximum atomic E-state index is 14.3. The quantitative estimate of drug-likeness (QED) is 0.417. The molecule has 39 heavy (non-hydrogen) atoms. The SMILES string of the molecule is C=C1c2c(C3=Cc4cc(F)ccc4CCCC=C3)cnn2C(CCC)=C(C)C1CCC1CCN(C(N)=O)CC1. The third-order valence-corrected chi connectivity index (χ3v) is 8.85. The van der Waals surface area contributed by atoms with Crippen LogP contribution in [0.3, 0.4) is 0 Å². The molecule has 3 heterocycles. The molecule has 2 N–H and O–H groups in total. The van der Waals surface area contributed by atoms with Crippen LogP contribution in [-0.2, 0) is 6.42 Å². The number of amides is 2. The first-order chi connectivity index (χ1) is 18.9. The number of hydrogen-bond acceptors (Lipinski definition) is 2. The molecule has 206 valence electrons. The van der Waals surface area contributed by atoms with E-state index in [4.69, 9.17) is 10.8 Å². The van der Waals surface area contributed by atoms with E-state index in [0.717, 1.165) is 98.8 Å². The summed E-state index contributed by atoms with van der Waals surface area (Å²) in [7, 11) is 0. The lowest BCUT2D eigenvalue weighted by Crippen LogP contribution is -2.41. The van der Waals surface area contributed by atoms with Crippen LogP contribution in [0.5, 0.6) is 0 Å². The number of rotatable bonds is 6. The second-order valence-electron chi connectivity index (χ2n) is 11.4. The van der Waals surface area contributed by atoms with Gasteiger partial charge in [-0.1, -0.05) is 38.1 Å². The van der Waals surface area contributed by atoms with Gasteiger partial charge in [-0.25, -0.2) is 13.9 Å². The molecule has 2 amide bonds.